The average Bonchev–Trinajstić information content (AvgIpc) is 1.87. The number of hydrogen-bond donors (Lipinski definition) is 1. The van der Waals surface area contributed by atoms with Gasteiger partial charge in [0.1, 0.15) is 0 Å². The molecule has 64 valence electrons. The van der Waals surface area contributed by atoms with Gasteiger partial charge in [-0.25, -0.2) is 5.43 Å². The Morgan fingerprint density at radius 2 is 2.09 bits per heavy atom. The van der Waals surface area contributed by atoms with E-state index < -0.39 is 0 Å². The zero-order chi connectivity index (χ0) is 8.85. The van der Waals surface area contributed by atoms with Crippen LogP contribution in [-0.4, -0.2) is 11.6 Å². The number of hydrogen-bond acceptors (Lipinski definition) is 2. The predicted octanol–water partition coefficient (Wildman–Crippen LogP) is 1.54. The maximum absolute atomic E-state index is 10.5. The summed E-state index contributed by atoms with van der Waals surface area (Å²) in [5.74, 6) is 0.295. The van der Waals surface area contributed by atoms with Gasteiger partial charge in [-0.05, 0) is 12.3 Å². The smallest absolute Gasteiger partial charge is 0.236 e. The summed E-state index contributed by atoms with van der Waals surface area (Å²) in [5.41, 5.74) is 3.45. The monoisotopic (exact) mass is 156 g/mol. The van der Waals surface area contributed by atoms with Crippen molar-refractivity contribution < 1.29 is 4.79 Å². The Bertz CT molecular complexity index is 161. The summed E-state index contributed by atoms with van der Waals surface area (Å²) in [5, 5.41) is 3.96. The molecule has 3 heteroatoms. The van der Waals surface area contributed by atoms with E-state index in [0.29, 0.717) is 5.92 Å². The van der Waals surface area contributed by atoms with E-state index in [1.807, 2.05) is 6.92 Å². The number of nitrogens with zero attached hydrogens (tertiary/aromatic N) is 1. The fourth-order valence-electron chi connectivity index (χ4n) is 0.767. The van der Waals surface area contributed by atoms with Crippen molar-refractivity contribution in [3.8, 4) is 0 Å². The standard InChI is InChI=1S/C8H16N2O/c1-5-8(6(2)3)10-9-7(4)11/h6H,5H2,1-4H3,(H,9,11)/b10-8-. The second-order valence-corrected chi connectivity index (χ2v) is 2.78. The summed E-state index contributed by atoms with van der Waals surface area (Å²) < 4.78 is 0. The van der Waals surface area contributed by atoms with Gasteiger partial charge in [-0.2, -0.15) is 5.10 Å². The van der Waals surface area contributed by atoms with Gasteiger partial charge >= 0.3 is 0 Å². The highest BCUT2D eigenvalue weighted by Crippen LogP contribution is 1.99. The lowest BCUT2D eigenvalue weighted by Crippen LogP contribution is -2.18. The van der Waals surface area contributed by atoms with E-state index in [0.717, 1.165) is 12.1 Å². The molecular weight excluding hydrogens is 140 g/mol. The summed E-state index contributed by atoms with van der Waals surface area (Å²) in [6, 6.07) is 0. The molecule has 0 heterocycles. The number of rotatable bonds is 3. The largest absolute Gasteiger partial charge is 0.274 e. The van der Waals surface area contributed by atoms with Crippen LogP contribution in [0, 0.1) is 5.92 Å². The van der Waals surface area contributed by atoms with Crippen molar-refractivity contribution in [3.63, 3.8) is 0 Å². The zero-order valence-corrected chi connectivity index (χ0v) is 7.64. The van der Waals surface area contributed by atoms with Crippen molar-refractivity contribution in [2.45, 2.75) is 34.1 Å². The first-order valence-electron chi connectivity index (χ1n) is 3.91. The molecule has 0 aliphatic heterocycles. The Balaban J connectivity index is 4.01. The third-order valence-electron chi connectivity index (χ3n) is 1.39. The number of amides is 1. The molecule has 11 heavy (non-hydrogen) atoms. The lowest BCUT2D eigenvalue weighted by molar-refractivity contribution is -0.118. The third kappa shape index (κ3) is 4.53. The predicted molar refractivity (Wildman–Crippen MR) is 46.4 cm³/mol. The van der Waals surface area contributed by atoms with Crippen LogP contribution in [0.25, 0.3) is 0 Å². The van der Waals surface area contributed by atoms with Crippen LogP contribution in [0.3, 0.4) is 0 Å². The molecule has 0 aromatic rings. The highest BCUT2D eigenvalue weighted by molar-refractivity contribution is 5.87. The molecule has 0 fully saturated rings. The molecule has 0 aliphatic carbocycles. The summed E-state index contributed by atoms with van der Waals surface area (Å²) in [6.45, 7) is 7.60. The highest BCUT2D eigenvalue weighted by atomic mass is 16.2. The molecule has 0 bridgehead atoms. The second kappa shape index (κ2) is 4.88. The van der Waals surface area contributed by atoms with E-state index in [9.17, 15) is 4.79 Å². The van der Waals surface area contributed by atoms with Gasteiger partial charge in [0.05, 0.1) is 0 Å². The molecule has 1 N–H and O–H groups in total. The Labute approximate surface area is 67.9 Å². The molecule has 1 amide bonds. The van der Waals surface area contributed by atoms with Gasteiger partial charge in [0, 0.05) is 12.6 Å². The van der Waals surface area contributed by atoms with Gasteiger partial charge in [0.15, 0.2) is 0 Å². The second-order valence-electron chi connectivity index (χ2n) is 2.78. The Kier molecular flexibility index (Phi) is 4.50. The lowest BCUT2D eigenvalue weighted by atomic mass is 10.1. The minimum absolute atomic E-state index is 0.114. The van der Waals surface area contributed by atoms with Crippen LogP contribution in [0.2, 0.25) is 0 Å². The normalized spacial score (nSPS) is 11.9. The van der Waals surface area contributed by atoms with Gasteiger partial charge in [0.2, 0.25) is 5.91 Å². The number of carbonyl (C=O) groups is 1. The van der Waals surface area contributed by atoms with Crippen LogP contribution < -0.4 is 5.43 Å². The first kappa shape index (κ1) is 10.1. The van der Waals surface area contributed by atoms with Crippen LogP contribution in [0.1, 0.15) is 34.1 Å². The van der Waals surface area contributed by atoms with E-state index in [1.54, 1.807) is 0 Å². The Morgan fingerprint density at radius 3 is 2.36 bits per heavy atom. The summed E-state index contributed by atoms with van der Waals surface area (Å²) in [4.78, 5) is 10.5. The van der Waals surface area contributed by atoms with Gasteiger partial charge < -0.3 is 0 Å². The lowest BCUT2D eigenvalue weighted by Gasteiger charge is -2.06. The van der Waals surface area contributed by atoms with Gasteiger partial charge in [-0.3, -0.25) is 4.79 Å². The van der Waals surface area contributed by atoms with E-state index in [1.165, 1.54) is 6.92 Å². The molecule has 3 nitrogen and oxygen atoms in total. The number of carbonyl (C=O) groups excluding carboxylic acids is 1. The summed E-state index contributed by atoms with van der Waals surface area (Å²) in [7, 11) is 0. The van der Waals surface area contributed by atoms with Crippen molar-refractivity contribution in [1.29, 1.82) is 0 Å². The molecule has 0 aromatic heterocycles. The van der Waals surface area contributed by atoms with Gasteiger partial charge in [0.25, 0.3) is 0 Å². The number of nitrogens with one attached hydrogen (secondary N) is 1. The fraction of sp³-hybridized carbons (Fsp3) is 0.750. The molecule has 0 unspecified atom stereocenters. The van der Waals surface area contributed by atoms with Crippen molar-refractivity contribution in [2.75, 3.05) is 0 Å². The van der Waals surface area contributed by atoms with Crippen molar-refractivity contribution >= 4 is 11.6 Å². The molecular formula is C8H16N2O. The summed E-state index contributed by atoms with van der Waals surface area (Å²) >= 11 is 0. The van der Waals surface area contributed by atoms with Gasteiger partial charge in [-0.15, -0.1) is 0 Å². The van der Waals surface area contributed by atoms with Crippen molar-refractivity contribution in [3.05, 3.63) is 0 Å². The quantitative estimate of drug-likeness (QED) is 0.489. The van der Waals surface area contributed by atoms with Crippen LogP contribution >= 0.6 is 0 Å². The first-order chi connectivity index (χ1) is 5.07. The molecule has 0 saturated carbocycles. The van der Waals surface area contributed by atoms with Crippen LogP contribution in [0.15, 0.2) is 5.10 Å². The Morgan fingerprint density at radius 1 is 1.55 bits per heavy atom. The van der Waals surface area contributed by atoms with E-state index in [-0.39, 0.29) is 5.91 Å². The topological polar surface area (TPSA) is 41.5 Å². The average molecular weight is 156 g/mol. The maximum Gasteiger partial charge on any atom is 0.236 e. The third-order valence-corrected chi connectivity index (χ3v) is 1.39. The van der Waals surface area contributed by atoms with E-state index >= 15 is 0 Å². The van der Waals surface area contributed by atoms with Gasteiger partial charge in [-0.1, -0.05) is 20.8 Å². The molecule has 0 atom stereocenters. The number of hydrazone groups is 1. The molecule has 0 radical (unpaired) electrons. The van der Waals surface area contributed by atoms with Crippen LogP contribution in [0.5, 0.6) is 0 Å². The molecule has 0 rings (SSSR count). The zero-order valence-electron chi connectivity index (χ0n) is 7.64. The minimum atomic E-state index is -0.114. The van der Waals surface area contributed by atoms with Crippen molar-refractivity contribution in [1.82, 2.24) is 5.43 Å². The molecule has 0 spiro atoms. The fourth-order valence-corrected chi connectivity index (χ4v) is 0.767. The highest BCUT2D eigenvalue weighted by Gasteiger charge is 2.01. The maximum atomic E-state index is 10.5. The minimum Gasteiger partial charge on any atom is -0.274 e. The SMILES string of the molecule is CC/C(=N/NC(C)=O)C(C)C. The van der Waals surface area contributed by atoms with E-state index in [4.69, 9.17) is 0 Å². The first-order valence-corrected chi connectivity index (χ1v) is 3.91. The Hall–Kier alpha value is -0.860. The molecule has 0 aliphatic rings. The summed E-state index contributed by atoms with van der Waals surface area (Å²) in [6.07, 6.45) is 0.887. The van der Waals surface area contributed by atoms with Crippen LogP contribution in [-0.2, 0) is 4.79 Å². The van der Waals surface area contributed by atoms with E-state index in [2.05, 4.69) is 24.4 Å². The van der Waals surface area contributed by atoms with Crippen molar-refractivity contribution in [2.24, 2.45) is 11.0 Å². The van der Waals surface area contributed by atoms with Crippen LogP contribution in [0.4, 0.5) is 0 Å². The molecule has 0 aromatic carbocycles. The molecule has 0 saturated heterocycles.